The first kappa shape index (κ1) is 21.2. The molecule has 1 saturated heterocycles. The van der Waals surface area contributed by atoms with Crippen LogP contribution in [0.4, 0.5) is 15.8 Å². The normalized spacial score (nSPS) is 21.3. The van der Waals surface area contributed by atoms with E-state index in [1.165, 1.54) is 19.2 Å². The molecular formula is C18H18ClFN4O4S. The quantitative estimate of drug-likeness (QED) is 0.620. The summed E-state index contributed by atoms with van der Waals surface area (Å²) < 4.78 is 41.8. The SMILES string of the molecule is CN1C(C(=O)Nc2ccc(F)c(Cl)c2)CC(c2ccc(NC=O)cc2)NS1(=O)=O. The Balaban J connectivity index is 1.82. The molecule has 0 spiro atoms. The second-order valence-electron chi connectivity index (χ2n) is 6.45. The first-order valence-corrected chi connectivity index (χ1v) is 10.3. The van der Waals surface area contributed by atoms with Crippen molar-refractivity contribution in [2.75, 3.05) is 17.7 Å². The van der Waals surface area contributed by atoms with Crippen molar-refractivity contribution in [3.63, 3.8) is 0 Å². The lowest BCUT2D eigenvalue weighted by Gasteiger charge is -2.36. The molecule has 1 fully saturated rings. The molecule has 1 aliphatic rings. The van der Waals surface area contributed by atoms with E-state index in [0.29, 0.717) is 17.7 Å². The van der Waals surface area contributed by atoms with E-state index in [9.17, 15) is 22.4 Å². The number of carbonyl (C=O) groups excluding carboxylic acids is 2. The molecule has 3 rings (SSSR count). The van der Waals surface area contributed by atoms with Crippen LogP contribution in [0.15, 0.2) is 42.5 Å². The number of halogens is 2. The van der Waals surface area contributed by atoms with Gasteiger partial charge in [-0.15, -0.1) is 0 Å². The highest BCUT2D eigenvalue weighted by atomic mass is 35.5. The number of carbonyl (C=O) groups is 2. The van der Waals surface area contributed by atoms with Crippen LogP contribution in [0.1, 0.15) is 18.0 Å². The lowest BCUT2D eigenvalue weighted by atomic mass is 9.99. The Morgan fingerprint density at radius 1 is 1.24 bits per heavy atom. The largest absolute Gasteiger partial charge is 0.329 e. The number of likely N-dealkylation sites (N-methyl/N-ethyl adjacent to an activating group) is 1. The number of amides is 2. The summed E-state index contributed by atoms with van der Waals surface area (Å²) in [6.07, 6.45) is 0.701. The smallest absolute Gasteiger partial charge is 0.280 e. The molecule has 2 unspecified atom stereocenters. The summed E-state index contributed by atoms with van der Waals surface area (Å²) in [6.45, 7) is 0. The van der Waals surface area contributed by atoms with Crippen molar-refractivity contribution in [2.24, 2.45) is 0 Å². The Labute approximate surface area is 172 Å². The molecule has 2 amide bonds. The Bertz CT molecular complexity index is 1030. The molecule has 2 atom stereocenters. The first-order valence-electron chi connectivity index (χ1n) is 8.52. The fourth-order valence-corrected chi connectivity index (χ4v) is 4.46. The number of benzene rings is 2. The highest BCUT2D eigenvalue weighted by Crippen LogP contribution is 2.29. The van der Waals surface area contributed by atoms with Gasteiger partial charge in [-0.25, -0.2) is 4.39 Å². The Morgan fingerprint density at radius 2 is 1.90 bits per heavy atom. The first-order chi connectivity index (χ1) is 13.7. The highest BCUT2D eigenvalue weighted by molar-refractivity contribution is 7.87. The van der Waals surface area contributed by atoms with Crippen molar-refractivity contribution >= 4 is 45.5 Å². The summed E-state index contributed by atoms with van der Waals surface area (Å²) in [6, 6.07) is 8.65. The summed E-state index contributed by atoms with van der Waals surface area (Å²) >= 11 is 5.73. The van der Waals surface area contributed by atoms with Gasteiger partial charge in [0.25, 0.3) is 10.2 Å². The van der Waals surface area contributed by atoms with Gasteiger partial charge in [0.15, 0.2) is 0 Å². The van der Waals surface area contributed by atoms with E-state index in [2.05, 4.69) is 15.4 Å². The van der Waals surface area contributed by atoms with Gasteiger partial charge in [-0.1, -0.05) is 23.7 Å². The van der Waals surface area contributed by atoms with Gasteiger partial charge in [0.1, 0.15) is 11.9 Å². The maximum atomic E-state index is 13.3. The minimum atomic E-state index is -3.92. The van der Waals surface area contributed by atoms with Crippen molar-refractivity contribution in [3.8, 4) is 0 Å². The predicted molar refractivity (Wildman–Crippen MR) is 107 cm³/mol. The summed E-state index contributed by atoms with van der Waals surface area (Å²) in [7, 11) is -2.61. The van der Waals surface area contributed by atoms with Crippen molar-refractivity contribution in [1.82, 2.24) is 9.03 Å². The van der Waals surface area contributed by atoms with Gasteiger partial charge in [-0.3, -0.25) is 9.59 Å². The Kier molecular flexibility index (Phi) is 6.18. The van der Waals surface area contributed by atoms with Crippen LogP contribution in [0.3, 0.4) is 0 Å². The van der Waals surface area contributed by atoms with Crippen molar-refractivity contribution < 1.29 is 22.4 Å². The maximum Gasteiger partial charge on any atom is 0.280 e. The molecule has 1 aliphatic heterocycles. The monoisotopic (exact) mass is 440 g/mol. The lowest BCUT2D eigenvalue weighted by Crippen LogP contribution is -2.55. The maximum absolute atomic E-state index is 13.3. The molecule has 154 valence electrons. The van der Waals surface area contributed by atoms with Crippen molar-refractivity contribution in [1.29, 1.82) is 0 Å². The highest BCUT2D eigenvalue weighted by Gasteiger charge is 2.40. The molecule has 0 bridgehead atoms. The van der Waals surface area contributed by atoms with Gasteiger partial charge < -0.3 is 10.6 Å². The van der Waals surface area contributed by atoms with Crippen molar-refractivity contribution in [2.45, 2.75) is 18.5 Å². The third kappa shape index (κ3) is 4.73. The second-order valence-corrected chi connectivity index (χ2v) is 8.61. The minimum absolute atomic E-state index is 0.156. The van der Waals surface area contributed by atoms with E-state index in [1.807, 2.05) is 0 Å². The molecule has 0 radical (unpaired) electrons. The van der Waals surface area contributed by atoms with Gasteiger partial charge >= 0.3 is 0 Å². The topological polar surface area (TPSA) is 108 Å². The molecule has 2 aromatic carbocycles. The molecule has 0 saturated carbocycles. The summed E-state index contributed by atoms with van der Waals surface area (Å²) in [5.41, 5.74) is 1.45. The van der Waals surface area contributed by atoms with Crippen molar-refractivity contribution in [3.05, 3.63) is 58.9 Å². The molecular weight excluding hydrogens is 423 g/mol. The molecule has 1 heterocycles. The van der Waals surface area contributed by atoms with Gasteiger partial charge in [-0.2, -0.15) is 17.4 Å². The predicted octanol–water partition coefficient (Wildman–Crippen LogP) is 2.27. The number of hydrogen-bond donors (Lipinski definition) is 3. The molecule has 8 nitrogen and oxygen atoms in total. The molecule has 3 N–H and O–H groups in total. The van der Waals surface area contributed by atoms with Crippen LogP contribution in [0.2, 0.25) is 5.02 Å². The van der Waals surface area contributed by atoms with E-state index >= 15 is 0 Å². The van der Waals surface area contributed by atoms with Crippen LogP contribution >= 0.6 is 11.6 Å². The van der Waals surface area contributed by atoms with E-state index in [0.717, 1.165) is 10.4 Å². The average molecular weight is 441 g/mol. The third-order valence-corrected chi connectivity index (χ3v) is 6.48. The van der Waals surface area contributed by atoms with Crippen LogP contribution in [0.5, 0.6) is 0 Å². The standard InChI is InChI=1S/C18H18ClFN4O4S/c1-24-17(18(26)22-13-6-7-15(20)14(19)8-13)9-16(23-29(24,27)28)11-2-4-12(5-3-11)21-10-25/h2-8,10,16-17,23H,9H2,1H3,(H,21,25)(H,22,26). The van der Waals surface area contributed by atoms with E-state index < -0.39 is 34.0 Å². The Morgan fingerprint density at radius 3 is 2.52 bits per heavy atom. The van der Waals surface area contributed by atoms with Gasteiger partial charge in [0, 0.05) is 24.5 Å². The van der Waals surface area contributed by atoms with Crippen LogP contribution in [-0.4, -0.2) is 38.1 Å². The number of nitrogens with zero attached hydrogens (tertiary/aromatic N) is 1. The number of hydrogen-bond acceptors (Lipinski definition) is 4. The van der Waals surface area contributed by atoms with Crippen LogP contribution < -0.4 is 15.4 Å². The zero-order valence-corrected chi connectivity index (χ0v) is 16.8. The van der Waals surface area contributed by atoms with Crippen LogP contribution in [0, 0.1) is 5.82 Å². The number of nitrogens with one attached hydrogen (secondary N) is 3. The Hall–Kier alpha value is -2.53. The van der Waals surface area contributed by atoms with Gasteiger partial charge in [0.2, 0.25) is 12.3 Å². The zero-order chi connectivity index (χ0) is 21.2. The summed E-state index contributed by atoms with van der Waals surface area (Å²) in [5, 5.41) is 4.91. The third-order valence-electron chi connectivity index (χ3n) is 4.60. The number of rotatable bonds is 5. The fourth-order valence-electron chi connectivity index (χ4n) is 3.01. The van der Waals surface area contributed by atoms with Crippen LogP contribution in [0.25, 0.3) is 0 Å². The lowest BCUT2D eigenvalue weighted by molar-refractivity contribution is -0.120. The van der Waals surface area contributed by atoms with Gasteiger partial charge in [-0.05, 0) is 42.3 Å². The fraction of sp³-hybridized carbons (Fsp3) is 0.222. The minimum Gasteiger partial charge on any atom is -0.329 e. The van der Waals surface area contributed by atoms with E-state index in [1.54, 1.807) is 24.3 Å². The zero-order valence-electron chi connectivity index (χ0n) is 15.2. The molecule has 0 aliphatic carbocycles. The molecule has 0 aromatic heterocycles. The number of anilines is 2. The second kappa shape index (κ2) is 8.46. The van der Waals surface area contributed by atoms with E-state index in [-0.39, 0.29) is 17.1 Å². The van der Waals surface area contributed by atoms with Gasteiger partial charge in [0.05, 0.1) is 5.02 Å². The average Bonchev–Trinajstić information content (AvgIpc) is 2.67. The molecule has 11 heteroatoms. The van der Waals surface area contributed by atoms with Crippen LogP contribution in [-0.2, 0) is 19.8 Å². The molecule has 29 heavy (non-hydrogen) atoms. The summed E-state index contributed by atoms with van der Waals surface area (Å²) in [4.78, 5) is 23.3. The molecule has 2 aromatic rings. The van der Waals surface area contributed by atoms with E-state index in [4.69, 9.17) is 11.6 Å². The summed E-state index contributed by atoms with van der Waals surface area (Å²) in [5.74, 6) is -1.19.